The summed E-state index contributed by atoms with van der Waals surface area (Å²) in [5, 5.41) is 11.9. The van der Waals surface area contributed by atoms with Crippen molar-refractivity contribution in [2.75, 3.05) is 33.3 Å². The number of pyridine rings is 1. The molecule has 0 radical (unpaired) electrons. The number of nitrogens with zero attached hydrogens (tertiary/aromatic N) is 5. The Bertz CT molecular complexity index is 786. The number of rotatable bonds is 6. The van der Waals surface area contributed by atoms with E-state index in [1.54, 1.807) is 7.05 Å². The quantitative estimate of drug-likeness (QED) is 0.215. The zero-order chi connectivity index (χ0) is 19.1. The van der Waals surface area contributed by atoms with Gasteiger partial charge in [-0.15, -0.1) is 34.2 Å². The van der Waals surface area contributed by atoms with Crippen LogP contribution in [-0.4, -0.2) is 64.7 Å². The number of fused-ring (bicyclic) bond motifs is 1. The van der Waals surface area contributed by atoms with Crippen LogP contribution in [0.15, 0.2) is 29.4 Å². The maximum Gasteiger partial charge on any atom is 0.309 e. The molecule has 2 aromatic rings. The predicted molar refractivity (Wildman–Crippen MR) is 119 cm³/mol. The van der Waals surface area contributed by atoms with E-state index < -0.39 is 0 Å². The maximum atomic E-state index is 11.9. The number of nitrogens with one attached hydrogen (secondary N) is 1. The molecule has 1 N–H and O–H groups in total. The van der Waals surface area contributed by atoms with E-state index in [1.165, 1.54) is 0 Å². The van der Waals surface area contributed by atoms with Crippen LogP contribution in [0.3, 0.4) is 0 Å². The average Bonchev–Trinajstić information content (AvgIpc) is 3.12. The number of halogens is 1. The fraction of sp³-hybridized carbons (Fsp3) is 0.579. The monoisotopic (exact) mass is 500 g/mol. The van der Waals surface area contributed by atoms with Gasteiger partial charge in [0.1, 0.15) is 5.82 Å². The molecule has 0 bridgehead atoms. The van der Waals surface area contributed by atoms with Gasteiger partial charge in [0.15, 0.2) is 11.6 Å². The number of aliphatic imine (C=N–C) groups is 1. The fourth-order valence-electron chi connectivity index (χ4n) is 3.43. The molecule has 0 amide bonds. The van der Waals surface area contributed by atoms with Gasteiger partial charge < -0.3 is 15.0 Å². The molecule has 8 nitrogen and oxygen atoms in total. The first-order valence-electron chi connectivity index (χ1n) is 9.63. The molecule has 0 aromatic carbocycles. The van der Waals surface area contributed by atoms with E-state index in [9.17, 15) is 4.79 Å². The third-order valence-electron chi connectivity index (χ3n) is 4.87. The van der Waals surface area contributed by atoms with Crippen molar-refractivity contribution < 1.29 is 9.53 Å². The molecule has 1 aliphatic rings. The Morgan fingerprint density at radius 3 is 2.82 bits per heavy atom. The van der Waals surface area contributed by atoms with Crippen LogP contribution in [0.1, 0.15) is 32.0 Å². The predicted octanol–water partition coefficient (Wildman–Crippen LogP) is 2.13. The van der Waals surface area contributed by atoms with Gasteiger partial charge in [0.05, 0.1) is 12.5 Å². The molecule has 3 rings (SSSR count). The summed E-state index contributed by atoms with van der Waals surface area (Å²) >= 11 is 0. The molecule has 2 aromatic heterocycles. The molecule has 28 heavy (non-hydrogen) atoms. The SMILES string of the molecule is CCOC(=O)C1CCN(C(=NC)NCCCc2nnc3ccccn23)CC1.I. The van der Waals surface area contributed by atoms with Crippen LogP contribution in [0.5, 0.6) is 0 Å². The van der Waals surface area contributed by atoms with Crippen LogP contribution in [0, 0.1) is 5.92 Å². The zero-order valence-corrected chi connectivity index (χ0v) is 18.8. The number of carbonyl (C=O) groups excluding carboxylic acids is 1. The largest absolute Gasteiger partial charge is 0.466 e. The molecule has 9 heteroatoms. The van der Waals surface area contributed by atoms with E-state index in [2.05, 4.69) is 25.4 Å². The van der Waals surface area contributed by atoms with Crippen molar-refractivity contribution in [2.45, 2.75) is 32.6 Å². The fourth-order valence-corrected chi connectivity index (χ4v) is 3.43. The summed E-state index contributed by atoms with van der Waals surface area (Å²) in [6, 6.07) is 5.90. The van der Waals surface area contributed by atoms with Crippen molar-refractivity contribution in [3.05, 3.63) is 30.2 Å². The first kappa shape index (κ1) is 22.4. The summed E-state index contributed by atoms with van der Waals surface area (Å²) in [5.41, 5.74) is 0.876. The van der Waals surface area contributed by atoms with Gasteiger partial charge in [-0.3, -0.25) is 14.2 Å². The van der Waals surface area contributed by atoms with Gasteiger partial charge in [0.2, 0.25) is 0 Å². The van der Waals surface area contributed by atoms with Gasteiger partial charge in [-0.25, -0.2) is 0 Å². The molecule has 0 aliphatic carbocycles. The molecule has 0 saturated carbocycles. The lowest BCUT2D eigenvalue weighted by atomic mass is 9.97. The van der Waals surface area contributed by atoms with Crippen LogP contribution in [0.25, 0.3) is 5.65 Å². The highest BCUT2D eigenvalue weighted by Crippen LogP contribution is 2.18. The van der Waals surface area contributed by atoms with Gasteiger partial charge in [0, 0.05) is 39.3 Å². The minimum atomic E-state index is -0.0689. The molecule has 1 aliphatic heterocycles. The molecule has 0 atom stereocenters. The summed E-state index contributed by atoms with van der Waals surface area (Å²) in [7, 11) is 1.80. The number of carbonyl (C=O) groups is 1. The maximum absolute atomic E-state index is 11.9. The van der Waals surface area contributed by atoms with Crippen LogP contribution in [0.4, 0.5) is 0 Å². The van der Waals surface area contributed by atoms with E-state index in [0.717, 1.165) is 62.7 Å². The van der Waals surface area contributed by atoms with E-state index in [-0.39, 0.29) is 35.9 Å². The minimum absolute atomic E-state index is 0. The summed E-state index contributed by atoms with van der Waals surface area (Å²) in [6.07, 6.45) is 5.40. The second-order valence-corrected chi connectivity index (χ2v) is 6.64. The zero-order valence-electron chi connectivity index (χ0n) is 16.5. The number of hydrogen-bond acceptors (Lipinski definition) is 5. The lowest BCUT2D eigenvalue weighted by Crippen LogP contribution is -2.47. The number of ether oxygens (including phenoxy) is 1. The number of aryl methyl sites for hydroxylation is 1. The smallest absolute Gasteiger partial charge is 0.309 e. The molecule has 3 heterocycles. The highest BCUT2D eigenvalue weighted by molar-refractivity contribution is 14.0. The van der Waals surface area contributed by atoms with Crippen LogP contribution in [-0.2, 0) is 16.0 Å². The van der Waals surface area contributed by atoms with Crippen molar-refractivity contribution in [1.29, 1.82) is 0 Å². The summed E-state index contributed by atoms with van der Waals surface area (Å²) < 4.78 is 7.16. The average molecular weight is 500 g/mol. The van der Waals surface area contributed by atoms with Gasteiger partial charge in [-0.05, 0) is 38.3 Å². The Morgan fingerprint density at radius 1 is 1.32 bits per heavy atom. The second kappa shape index (κ2) is 11.2. The molecule has 0 unspecified atom stereocenters. The third-order valence-corrected chi connectivity index (χ3v) is 4.87. The standard InChI is InChI=1S/C19H28N6O2.HI/c1-3-27-18(26)15-9-13-24(14-10-15)19(20-2)21-11-6-8-17-23-22-16-7-4-5-12-25(16)17;/h4-5,7,12,15H,3,6,8-11,13-14H2,1-2H3,(H,20,21);1H. The van der Waals surface area contributed by atoms with Crippen molar-refractivity contribution in [2.24, 2.45) is 10.9 Å². The Hall–Kier alpha value is -1.91. The third kappa shape index (κ3) is 5.55. The van der Waals surface area contributed by atoms with Gasteiger partial charge in [-0.2, -0.15) is 0 Å². The van der Waals surface area contributed by atoms with Crippen LogP contribution >= 0.6 is 24.0 Å². The Morgan fingerprint density at radius 2 is 2.11 bits per heavy atom. The number of guanidine groups is 1. The molecule has 1 saturated heterocycles. The Labute approximate surface area is 182 Å². The van der Waals surface area contributed by atoms with E-state index in [0.29, 0.717) is 6.61 Å². The van der Waals surface area contributed by atoms with Crippen molar-refractivity contribution >= 4 is 41.6 Å². The summed E-state index contributed by atoms with van der Waals surface area (Å²) in [6.45, 7) is 4.74. The van der Waals surface area contributed by atoms with Crippen molar-refractivity contribution in [3.8, 4) is 0 Å². The Kier molecular flexibility index (Phi) is 8.94. The van der Waals surface area contributed by atoms with Crippen molar-refractivity contribution in [3.63, 3.8) is 0 Å². The summed E-state index contributed by atoms with van der Waals surface area (Å²) in [5.74, 6) is 1.81. The lowest BCUT2D eigenvalue weighted by Gasteiger charge is -2.33. The van der Waals surface area contributed by atoms with Crippen LogP contribution < -0.4 is 5.32 Å². The van der Waals surface area contributed by atoms with Gasteiger partial charge in [0.25, 0.3) is 0 Å². The molecular formula is C19H29IN6O2. The number of hydrogen-bond donors (Lipinski definition) is 1. The molecular weight excluding hydrogens is 471 g/mol. The van der Waals surface area contributed by atoms with Gasteiger partial charge >= 0.3 is 5.97 Å². The van der Waals surface area contributed by atoms with E-state index >= 15 is 0 Å². The minimum Gasteiger partial charge on any atom is -0.466 e. The molecule has 0 spiro atoms. The number of aromatic nitrogens is 3. The van der Waals surface area contributed by atoms with Gasteiger partial charge in [-0.1, -0.05) is 6.07 Å². The highest BCUT2D eigenvalue weighted by atomic mass is 127. The van der Waals surface area contributed by atoms with E-state index in [1.807, 2.05) is 35.7 Å². The first-order chi connectivity index (χ1) is 13.2. The van der Waals surface area contributed by atoms with Crippen molar-refractivity contribution in [1.82, 2.24) is 24.8 Å². The topological polar surface area (TPSA) is 84.1 Å². The highest BCUT2D eigenvalue weighted by Gasteiger charge is 2.27. The number of esters is 1. The lowest BCUT2D eigenvalue weighted by molar-refractivity contribution is -0.149. The van der Waals surface area contributed by atoms with E-state index in [4.69, 9.17) is 4.74 Å². The second-order valence-electron chi connectivity index (χ2n) is 6.64. The first-order valence-corrected chi connectivity index (χ1v) is 9.63. The molecule has 154 valence electrons. The summed E-state index contributed by atoms with van der Waals surface area (Å²) in [4.78, 5) is 18.5. The Balaban J connectivity index is 0.00000280. The molecule has 1 fully saturated rings. The number of likely N-dealkylation sites (tertiary alicyclic amines) is 1. The normalized spacial score (nSPS) is 15.4. The number of piperidine rings is 1. The van der Waals surface area contributed by atoms with Crippen LogP contribution in [0.2, 0.25) is 0 Å².